The van der Waals surface area contributed by atoms with Crippen molar-refractivity contribution in [2.24, 2.45) is 12.8 Å². The van der Waals surface area contributed by atoms with Crippen LogP contribution in [0.25, 0.3) is 11.4 Å². The summed E-state index contributed by atoms with van der Waals surface area (Å²) in [7, 11) is 1.89. The Bertz CT molecular complexity index is 808. The molecule has 1 amide bonds. The highest BCUT2D eigenvalue weighted by Gasteiger charge is 2.27. The van der Waals surface area contributed by atoms with Gasteiger partial charge in [-0.2, -0.15) is 5.10 Å². The molecule has 1 aliphatic heterocycles. The molecule has 4 N–H and O–H groups in total. The van der Waals surface area contributed by atoms with E-state index in [1.165, 1.54) is 0 Å². The van der Waals surface area contributed by atoms with Crippen molar-refractivity contribution in [3.05, 3.63) is 23.0 Å². The fourth-order valence-electron chi connectivity index (χ4n) is 3.76. The Balaban J connectivity index is 1.67. The number of primary amides is 1. The summed E-state index contributed by atoms with van der Waals surface area (Å²) in [4.78, 5) is 20.6. The zero-order valence-electron chi connectivity index (χ0n) is 14.4. The maximum Gasteiger partial charge on any atom is 0.223 e. The number of carbonyl (C=O) groups is 1. The number of fused-ring (bicyclic) bond motifs is 3. The first-order valence-corrected chi connectivity index (χ1v) is 8.78. The monoisotopic (exact) mass is 341 g/mol. The van der Waals surface area contributed by atoms with Gasteiger partial charge in [-0.3, -0.25) is 9.48 Å². The van der Waals surface area contributed by atoms with Crippen LogP contribution in [0.3, 0.4) is 0 Å². The van der Waals surface area contributed by atoms with E-state index in [1.54, 1.807) is 0 Å². The van der Waals surface area contributed by atoms with Crippen LogP contribution in [0.1, 0.15) is 29.7 Å². The van der Waals surface area contributed by atoms with E-state index in [0.717, 1.165) is 67.0 Å². The summed E-state index contributed by atoms with van der Waals surface area (Å²) >= 11 is 0. The molecule has 1 aliphatic carbocycles. The van der Waals surface area contributed by atoms with Crippen molar-refractivity contribution in [2.75, 3.05) is 18.4 Å². The molecule has 1 saturated heterocycles. The predicted molar refractivity (Wildman–Crippen MR) is 94.1 cm³/mol. The van der Waals surface area contributed by atoms with Crippen molar-refractivity contribution in [2.45, 2.75) is 38.1 Å². The molecule has 2 aromatic rings. The van der Waals surface area contributed by atoms with Gasteiger partial charge in [-0.25, -0.2) is 9.97 Å². The number of nitrogens with two attached hydrogens (primary N) is 1. The highest BCUT2D eigenvalue weighted by molar-refractivity contribution is 5.78. The lowest BCUT2D eigenvalue weighted by molar-refractivity contribution is -0.117. The lowest BCUT2D eigenvalue weighted by Crippen LogP contribution is -2.35. The lowest BCUT2D eigenvalue weighted by atomic mass is 9.92. The van der Waals surface area contributed by atoms with E-state index in [0.29, 0.717) is 12.0 Å². The second-order valence-electron chi connectivity index (χ2n) is 6.78. The minimum absolute atomic E-state index is 0.170. The van der Waals surface area contributed by atoms with E-state index < -0.39 is 0 Å². The van der Waals surface area contributed by atoms with Crippen LogP contribution in [0.15, 0.2) is 6.20 Å². The fourth-order valence-corrected chi connectivity index (χ4v) is 3.76. The standard InChI is InChI=1S/C17H23N7O/c1-24-16-12(13(23-24)8-14(18)25)3-2-10-9-20-17(22-15(10)16)21-11-4-6-19-7-5-11/h9,11,19H,2-8H2,1H3,(H2,18,25)(H,20,21,22). The number of hydrogen-bond donors (Lipinski definition) is 3. The van der Waals surface area contributed by atoms with E-state index >= 15 is 0 Å². The molecule has 8 heteroatoms. The molecular formula is C17H23N7O. The maximum atomic E-state index is 11.3. The van der Waals surface area contributed by atoms with Gasteiger partial charge >= 0.3 is 0 Å². The molecule has 1 fully saturated rings. The number of nitrogens with one attached hydrogen (secondary N) is 2. The van der Waals surface area contributed by atoms with Gasteiger partial charge in [-0.15, -0.1) is 0 Å². The Labute approximate surface area is 146 Å². The average Bonchev–Trinajstić information content (AvgIpc) is 2.91. The molecule has 2 aromatic heterocycles. The number of nitrogens with zero attached hydrogens (tertiary/aromatic N) is 4. The molecule has 0 saturated carbocycles. The van der Waals surface area contributed by atoms with Crippen LogP contribution < -0.4 is 16.4 Å². The summed E-state index contributed by atoms with van der Waals surface area (Å²) in [6.07, 6.45) is 5.91. The van der Waals surface area contributed by atoms with Crippen LogP contribution in [-0.4, -0.2) is 44.8 Å². The summed E-state index contributed by atoms with van der Waals surface area (Å²) < 4.78 is 1.81. The topological polar surface area (TPSA) is 111 Å². The van der Waals surface area contributed by atoms with Crippen LogP contribution in [0.2, 0.25) is 0 Å². The Hall–Kier alpha value is -2.48. The Morgan fingerprint density at radius 1 is 1.40 bits per heavy atom. The minimum atomic E-state index is -0.359. The van der Waals surface area contributed by atoms with Crippen LogP contribution >= 0.6 is 0 Å². The number of anilines is 1. The molecule has 0 aromatic carbocycles. The third-order valence-corrected chi connectivity index (χ3v) is 4.98. The Morgan fingerprint density at radius 3 is 2.96 bits per heavy atom. The maximum absolute atomic E-state index is 11.3. The number of aromatic nitrogens is 4. The molecule has 25 heavy (non-hydrogen) atoms. The number of hydrogen-bond acceptors (Lipinski definition) is 6. The van der Waals surface area contributed by atoms with E-state index in [-0.39, 0.29) is 12.3 Å². The number of amides is 1. The van der Waals surface area contributed by atoms with Crippen LogP contribution in [0.4, 0.5) is 5.95 Å². The zero-order valence-corrected chi connectivity index (χ0v) is 14.4. The molecule has 0 bridgehead atoms. The summed E-state index contributed by atoms with van der Waals surface area (Å²) in [5.74, 6) is 0.304. The van der Waals surface area contributed by atoms with Gasteiger partial charge in [0.1, 0.15) is 0 Å². The summed E-state index contributed by atoms with van der Waals surface area (Å²) in [5, 5.41) is 11.3. The normalized spacial score (nSPS) is 17.0. The summed E-state index contributed by atoms with van der Waals surface area (Å²) in [5.41, 5.74) is 10.2. The first-order valence-electron chi connectivity index (χ1n) is 8.78. The molecule has 2 aliphatic rings. The minimum Gasteiger partial charge on any atom is -0.369 e. The molecule has 0 spiro atoms. The second kappa shape index (κ2) is 6.44. The van der Waals surface area contributed by atoms with E-state index in [9.17, 15) is 4.79 Å². The SMILES string of the molecule is Cn1nc(CC(N)=O)c2c1-c1nc(NC3CCNCC3)ncc1CC2. The molecular weight excluding hydrogens is 318 g/mol. The first-order chi connectivity index (χ1) is 12.1. The number of carbonyl (C=O) groups excluding carboxylic acids is 1. The Morgan fingerprint density at radius 2 is 2.20 bits per heavy atom. The van der Waals surface area contributed by atoms with E-state index in [1.807, 2.05) is 17.9 Å². The molecule has 0 atom stereocenters. The molecule has 0 radical (unpaired) electrons. The summed E-state index contributed by atoms with van der Waals surface area (Å²) in [6.45, 7) is 2.04. The fraction of sp³-hybridized carbons (Fsp3) is 0.529. The number of piperidine rings is 1. The third kappa shape index (κ3) is 3.09. The van der Waals surface area contributed by atoms with Gasteiger partial charge < -0.3 is 16.4 Å². The number of rotatable bonds is 4. The lowest BCUT2D eigenvalue weighted by Gasteiger charge is -2.24. The Kier molecular flexibility index (Phi) is 4.12. The van der Waals surface area contributed by atoms with Crippen molar-refractivity contribution >= 4 is 11.9 Å². The predicted octanol–water partition coefficient (Wildman–Crippen LogP) is 0.167. The van der Waals surface area contributed by atoms with Crippen LogP contribution in [0, 0.1) is 0 Å². The highest BCUT2D eigenvalue weighted by Crippen LogP contribution is 2.34. The zero-order chi connectivity index (χ0) is 17.4. The van der Waals surface area contributed by atoms with E-state index in [2.05, 4.69) is 20.7 Å². The van der Waals surface area contributed by atoms with Gasteiger partial charge in [0, 0.05) is 24.8 Å². The molecule has 132 valence electrons. The second-order valence-corrected chi connectivity index (χ2v) is 6.78. The van der Waals surface area contributed by atoms with Crippen molar-refractivity contribution < 1.29 is 4.79 Å². The van der Waals surface area contributed by atoms with Crippen LogP contribution in [-0.2, 0) is 31.1 Å². The van der Waals surface area contributed by atoms with Crippen molar-refractivity contribution in [3.8, 4) is 11.4 Å². The van der Waals surface area contributed by atoms with Gasteiger partial charge in [0.15, 0.2) is 0 Å². The molecule has 8 nitrogen and oxygen atoms in total. The average molecular weight is 341 g/mol. The van der Waals surface area contributed by atoms with E-state index in [4.69, 9.17) is 10.7 Å². The van der Waals surface area contributed by atoms with Gasteiger partial charge in [0.05, 0.1) is 23.5 Å². The largest absolute Gasteiger partial charge is 0.369 e. The molecule has 3 heterocycles. The van der Waals surface area contributed by atoms with Gasteiger partial charge in [0.25, 0.3) is 0 Å². The molecule has 0 unspecified atom stereocenters. The smallest absolute Gasteiger partial charge is 0.223 e. The van der Waals surface area contributed by atoms with Gasteiger partial charge in [-0.05, 0) is 44.3 Å². The van der Waals surface area contributed by atoms with Crippen molar-refractivity contribution in [3.63, 3.8) is 0 Å². The van der Waals surface area contributed by atoms with Crippen LogP contribution in [0.5, 0.6) is 0 Å². The third-order valence-electron chi connectivity index (χ3n) is 4.98. The summed E-state index contributed by atoms with van der Waals surface area (Å²) in [6, 6.07) is 0.402. The van der Waals surface area contributed by atoms with Gasteiger partial charge in [0.2, 0.25) is 11.9 Å². The first kappa shape index (κ1) is 16.0. The molecule has 4 rings (SSSR count). The highest BCUT2D eigenvalue weighted by atomic mass is 16.1. The quantitative estimate of drug-likeness (QED) is 0.731. The number of aryl methyl sites for hydroxylation is 2. The van der Waals surface area contributed by atoms with Crippen molar-refractivity contribution in [1.29, 1.82) is 0 Å². The van der Waals surface area contributed by atoms with Gasteiger partial charge in [-0.1, -0.05) is 0 Å². The van der Waals surface area contributed by atoms with Crippen molar-refractivity contribution in [1.82, 2.24) is 25.1 Å².